The molecule has 0 saturated heterocycles. The molecule has 0 saturated carbocycles. The molecule has 1 N–H and O–H groups in total. The molecule has 1 amide bonds. The van der Waals surface area contributed by atoms with Crippen molar-refractivity contribution in [1.82, 2.24) is 5.32 Å². The van der Waals surface area contributed by atoms with Crippen LogP contribution in [0.25, 0.3) is 0 Å². The van der Waals surface area contributed by atoms with E-state index in [9.17, 15) is 9.00 Å². The normalized spacial score (nSPS) is 14.0. The molecule has 3 nitrogen and oxygen atoms in total. The van der Waals surface area contributed by atoms with Crippen LogP contribution in [0, 0.1) is 0 Å². The average Bonchev–Trinajstić information content (AvgIpc) is 2.27. The number of halogens is 2. The number of carbonyl (C=O) groups excluding carboxylic acids is 1. The summed E-state index contributed by atoms with van der Waals surface area (Å²) in [7, 11) is -0.857. The largest absolute Gasteiger partial charge is 0.352 e. The van der Waals surface area contributed by atoms with Gasteiger partial charge in [-0.05, 0) is 24.6 Å². The predicted molar refractivity (Wildman–Crippen MR) is 79.6 cm³/mol. The number of hydrogen-bond donors (Lipinski definition) is 1. The van der Waals surface area contributed by atoms with Crippen LogP contribution in [0.4, 0.5) is 0 Å². The first-order chi connectivity index (χ1) is 8.40. The van der Waals surface area contributed by atoms with E-state index in [1.165, 1.54) is 0 Å². The van der Waals surface area contributed by atoms with Crippen LogP contribution in [-0.4, -0.2) is 28.2 Å². The molecule has 6 heteroatoms. The number of hydrogen-bond acceptors (Lipinski definition) is 2. The zero-order chi connectivity index (χ0) is 13.7. The SMILES string of the molecule is CC(CCNC(=O)c1cc(Cl)cc(Br)c1)S(C)=O. The highest BCUT2D eigenvalue weighted by Gasteiger charge is 2.09. The topological polar surface area (TPSA) is 46.2 Å². The van der Waals surface area contributed by atoms with Gasteiger partial charge in [-0.15, -0.1) is 0 Å². The summed E-state index contributed by atoms with van der Waals surface area (Å²) in [5.41, 5.74) is 0.514. The smallest absolute Gasteiger partial charge is 0.251 e. The highest BCUT2D eigenvalue weighted by molar-refractivity contribution is 9.10. The Labute approximate surface area is 123 Å². The Balaban J connectivity index is 2.53. The molecule has 1 aromatic carbocycles. The average molecular weight is 353 g/mol. The summed E-state index contributed by atoms with van der Waals surface area (Å²) in [5.74, 6) is -0.174. The highest BCUT2D eigenvalue weighted by Crippen LogP contribution is 2.19. The van der Waals surface area contributed by atoms with Gasteiger partial charge in [0.1, 0.15) is 0 Å². The van der Waals surface area contributed by atoms with Gasteiger partial charge in [0.25, 0.3) is 5.91 Å². The molecular formula is C12H15BrClNO2S. The molecule has 0 fully saturated rings. The summed E-state index contributed by atoms with van der Waals surface area (Å²) < 4.78 is 11.9. The van der Waals surface area contributed by atoms with Gasteiger partial charge in [0.2, 0.25) is 0 Å². The number of amides is 1. The lowest BCUT2D eigenvalue weighted by Gasteiger charge is -2.09. The number of carbonyl (C=O) groups is 1. The minimum absolute atomic E-state index is 0.0800. The van der Waals surface area contributed by atoms with E-state index in [0.717, 1.165) is 4.47 Å². The molecule has 0 aliphatic rings. The van der Waals surface area contributed by atoms with Crippen molar-refractivity contribution < 1.29 is 9.00 Å². The van der Waals surface area contributed by atoms with E-state index in [2.05, 4.69) is 21.2 Å². The van der Waals surface area contributed by atoms with Crippen LogP contribution in [0.2, 0.25) is 5.02 Å². The lowest BCUT2D eigenvalue weighted by Crippen LogP contribution is -2.27. The molecule has 0 radical (unpaired) electrons. The van der Waals surface area contributed by atoms with Gasteiger partial charge in [-0.1, -0.05) is 34.5 Å². The predicted octanol–water partition coefficient (Wildman–Crippen LogP) is 2.99. The summed E-state index contributed by atoms with van der Waals surface area (Å²) >= 11 is 9.16. The summed E-state index contributed by atoms with van der Waals surface area (Å²) in [6.45, 7) is 2.40. The molecule has 0 spiro atoms. The van der Waals surface area contributed by atoms with Crippen molar-refractivity contribution in [3.63, 3.8) is 0 Å². The van der Waals surface area contributed by atoms with Crippen molar-refractivity contribution in [2.45, 2.75) is 18.6 Å². The third kappa shape index (κ3) is 5.08. The quantitative estimate of drug-likeness (QED) is 0.885. The van der Waals surface area contributed by atoms with Crippen LogP contribution in [0.15, 0.2) is 22.7 Å². The standard InChI is InChI=1S/C12H15BrClNO2S/c1-8(18(2)17)3-4-15-12(16)9-5-10(13)7-11(14)6-9/h5-8H,3-4H2,1-2H3,(H,15,16). The van der Waals surface area contributed by atoms with Crippen molar-refractivity contribution in [3.8, 4) is 0 Å². The van der Waals surface area contributed by atoms with E-state index in [1.54, 1.807) is 24.5 Å². The number of nitrogens with one attached hydrogen (secondary N) is 1. The maximum atomic E-state index is 11.8. The van der Waals surface area contributed by atoms with Gasteiger partial charge in [0.05, 0.1) is 0 Å². The molecular weight excluding hydrogens is 338 g/mol. The Morgan fingerprint density at radius 1 is 1.50 bits per heavy atom. The molecule has 0 aliphatic heterocycles. The van der Waals surface area contributed by atoms with E-state index >= 15 is 0 Å². The number of rotatable bonds is 5. The van der Waals surface area contributed by atoms with Crippen molar-refractivity contribution in [2.75, 3.05) is 12.8 Å². The minimum atomic E-state index is -0.857. The Kier molecular flexibility index (Phi) is 6.32. The van der Waals surface area contributed by atoms with E-state index < -0.39 is 10.8 Å². The fraction of sp³-hybridized carbons (Fsp3) is 0.417. The van der Waals surface area contributed by atoms with Crippen LogP contribution < -0.4 is 5.32 Å². The summed E-state index contributed by atoms with van der Waals surface area (Å²) in [6.07, 6.45) is 2.36. The lowest BCUT2D eigenvalue weighted by molar-refractivity contribution is 0.0953. The van der Waals surface area contributed by atoms with E-state index in [0.29, 0.717) is 23.6 Å². The maximum absolute atomic E-state index is 11.8. The van der Waals surface area contributed by atoms with Crippen molar-refractivity contribution in [3.05, 3.63) is 33.3 Å². The van der Waals surface area contributed by atoms with Crippen LogP contribution in [0.5, 0.6) is 0 Å². The number of benzene rings is 1. The fourth-order valence-corrected chi connectivity index (χ4v) is 2.65. The molecule has 2 atom stereocenters. The summed E-state index contributed by atoms with van der Waals surface area (Å²) in [6, 6.07) is 5.05. The minimum Gasteiger partial charge on any atom is -0.352 e. The molecule has 0 aromatic heterocycles. The molecule has 18 heavy (non-hydrogen) atoms. The highest BCUT2D eigenvalue weighted by atomic mass is 79.9. The molecule has 1 aromatic rings. The Morgan fingerprint density at radius 3 is 2.72 bits per heavy atom. The monoisotopic (exact) mass is 351 g/mol. The Hall–Kier alpha value is -0.390. The van der Waals surface area contributed by atoms with Gasteiger partial charge in [-0.2, -0.15) is 0 Å². The van der Waals surface area contributed by atoms with Gasteiger partial charge in [-0.25, -0.2) is 0 Å². The van der Waals surface area contributed by atoms with Gasteiger partial charge >= 0.3 is 0 Å². The van der Waals surface area contributed by atoms with Gasteiger partial charge < -0.3 is 5.32 Å². The van der Waals surface area contributed by atoms with E-state index in [4.69, 9.17) is 11.6 Å². The second-order valence-corrected chi connectivity index (χ2v) is 7.17. The van der Waals surface area contributed by atoms with Crippen LogP contribution >= 0.6 is 27.5 Å². The second-order valence-electron chi connectivity index (χ2n) is 4.01. The Morgan fingerprint density at radius 2 is 2.17 bits per heavy atom. The van der Waals surface area contributed by atoms with Crippen molar-refractivity contribution in [2.24, 2.45) is 0 Å². The summed E-state index contributed by atoms with van der Waals surface area (Å²) in [5, 5.41) is 3.38. The molecule has 0 bridgehead atoms. The molecule has 0 heterocycles. The first kappa shape index (κ1) is 15.7. The van der Waals surface area contributed by atoms with Crippen molar-refractivity contribution >= 4 is 44.2 Å². The van der Waals surface area contributed by atoms with Crippen LogP contribution in [0.3, 0.4) is 0 Å². The molecule has 0 aliphatic carbocycles. The van der Waals surface area contributed by atoms with E-state index in [1.807, 2.05) is 6.92 Å². The first-order valence-electron chi connectivity index (χ1n) is 5.46. The molecule has 100 valence electrons. The zero-order valence-electron chi connectivity index (χ0n) is 10.2. The fourth-order valence-electron chi connectivity index (χ4n) is 1.34. The Bertz CT molecular complexity index is 447. The molecule has 1 rings (SSSR count). The zero-order valence-corrected chi connectivity index (χ0v) is 13.4. The van der Waals surface area contributed by atoms with Gasteiger partial charge in [-0.3, -0.25) is 9.00 Å². The third-order valence-corrected chi connectivity index (χ3v) is 4.57. The van der Waals surface area contributed by atoms with Gasteiger partial charge in [0, 0.05) is 43.9 Å². The summed E-state index contributed by atoms with van der Waals surface area (Å²) in [4.78, 5) is 11.8. The first-order valence-corrected chi connectivity index (χ1v) is 8.26. The maximum Gasteiger partial charge on any atom is 0.251 e. The van der Waals surface area contributed by atoms with Crippen molar-refractivity contribution in [1.29, 1.82) is 0 Å². The lowest BCUT2D eigenvalue weighted by atomic mass is 10.2. The van der Waals surface area contributed by atoms with Gasteiger partial charge in [0.15, 0.2) is 0 Å². The molecule has 2 unspecified atom stereocenters. The van der Waals surface area contributed by atoms with Crippen LogP contribution in [0.1, 0.15) is 23.7 Å². The van der Waals surface area contributed by atoms with Crippen LogP contribution in [-0.2, 0) is 10.8 Å². The third-order valence-electron chi connectivity index (χ3n) is 2.53. The van der Waals surface area contributed by atoms with E-state index in [-0.39, 0.29) is 11.2 Å². The second kappa shape index (κ2) is 7.26.